The van der Waals surface area contributed by atoms with Gasteiger partial charge in [0.05, 0.1) is 17.7 Å². The lowest BCUT2D eigenvalue weighted by molar-refractivity contribution is -0.139. The van der Waals surface area contributed by atoms with Crippen LogP contribution < -0.4 is 14.4 Å². The van der Waals surface area contributed by atoms with Crippen molar-refractivity contribution in [1.82, 2.24) is 10.2 Å². The van der Waals surface area contributed by atoms with Crippen molar-refractivity contribution in [2.45, 2.75) is 58.0 Å². The molecule has 0 heterocycles. The number of nitrogens with one attached hydrogen (secondary N) is 1. The zero-order valence-corrected chi connectivity index (χ0v) is 24.7. The van der Waals surface area contributed by atoms with Gasteiger partial charge in [-0.25, -0.2) is 8.42 Å². The minimum atomic E-state index is -4.10. The number of sulfonamides is 1. The maximum Gasteiger partial charge on any atom is 0.264 e. The van der Waals surface area contributed by atoms with Gasteiger partial charge in [0, 0.05) is 13.1 Å². The van der Waals surface area contributed by atoms with E-state index in [9.17, 15) is 18.0 Å². The van der Waals surface area contributed by atoms with Gasteiger partial charge in [-0.15, -0.1) is 0 Å². The van der Waals surface area contributed by atoms with Gasteiger partial charge in [0.15, 0.2) is 0 Å². The number of carbonyl (C=O) groups is 2. The van der Waals surface area contributed by atoms with Gasteiger partial charge in [-0.05, 0) is 74.2 Å². The first-order chi connectivity index (χ1) is 19.1. The summed E-state index contributed by atoms with van der Waals surface area (Å²) in [7, 11) is -2.55. The Balaban J connectivity index is 2.04. The van der Waals surface area contributed by atoms with Gasteiger partial charge in [0.25, 0.3) is 10.0 Å². The standard InChI is InChI=1S/C31H39N3O5S/c1-6-7-19-32-31(36)25(4)33(21-26-14-12-15-27(20-26)39-5)30(35)22-34(29-18-11-13-23(2)24(29)3)40(37,38)28-16-9-8-10-17-28/h8-18,20,25H,6-7,19,21-22H2,1-5H3,(H,32,36)/t25-/m1/s1. The fourth-order valence-electron chi connectivity index (χ4n) is 4.33. The molecule has 9 heteroatoms. The topological polar surface area (TPSA) is 96.0 Å². The Morgan fingerprint density at radius 3 is 2.35 bits per heavy atom. The number of anilines is 1. The summed E-state index contributed by atoms with van der Waals surface area (Å²) < 4.78 is 34.4. The van der Waals surface area contributed by atoms with Crippen LogP contribution in [0.5, 0.6) is 5.75 Å². The van der Waals surface area contributed by atoms with Crippen molar-refractivity contribution in [1.29, 1.82) is 0 Å². The third-order valence-electron chi connectivity index (χ3n) is 6.94. The van der Waals surface area contributed by atoms with E-state index in [1.54, 1.807) is 56.5 Å². The van der Waals surface area contributed by atoms with Crippen LogP contribution >= 0.6 is 0 Å². The molecule has 214 valence electrons. The molecule has 3 aromatic carbocycles. The smallest absolute Gasteiger partial charge is 0.264 e. The fourth-order valence-corrected chi connectivity index (χ4v) is 5.82. The summed E-state index contributed by atoms with van der Waals surface area (Å²) in [6, 6.07) is 19.8. The van der Waals surface area contributed by atoms with Crippen LogP contribution in [0.1, 0.15) is 43.4 Å². The van der Waals surface area contributed by atoms with Crippen LogP contribution in [0.2, 0.25) is 0 Å². The Morgan fingerprint density at radius 2 is 1.68 bits per heavy atom. The van der Waals surface area contributed by atoms with Crippen LogP contribution in [0.25, 0.3) is 0 Å². The first kappa shape index (κ1) is 30.7. The molecule has 1 atom stereocenters. The highest BCUT2D eigenvalue weighted by atomic mass is 32.2. The summed E-state index contributed by atoms with van der Waals surface area (Å²) in [5.74, 6) is -0.177. The van der Waals surface area contributed by atoms with Crippen molar-refractivity contribution < 1.29 is 22.7 Å². The number of ether oxygens (including phenoxy) is 1. The number of unbranched alkanes of at least 4 members (excludes halogenated alkanes) is 1. The molecule has 3 aromatic rings. The van der Waals surface area contributed by atoms with Gasteiger partial charge in [0.2, 0.25) is 11.8 Å². The molecule has 1 N–H and O–H groups in total. The van der Waals surface area contributed by atoms with Gasteiger partial charge >= 0.3 is 0 Å². The van der Waals surface area contributed by atoms with E-state index in [4.69, 9.17) is 4.74 Å². The SMILES string of the molecule is CCCCNC(=O)[C@@H](C)N(Cc1cccc(OC)c1)C(=O)CN(c1cccc(C)c1C)S(=O)(=O)c1ccccc1. The van der Waals surface area contributed by atoms with Crippen LogP contribution in [0, 0.1) is 13.8 Å². The van der Waals surface area contributed by atoms with Gasteiger partial charge < -0.3 is 15.0 Å². The molecule has 40 heavy (non-hydrogen) atoms. The highest BCUT2D eigenvalue weighted by Gasteiger charge is 2.33. The Hall–Kier alpha value is -3.85. The first-order valence-electron chi connectivity index (χ1n) is 13.4. The lowest BCUT2D eigenvalue weighted by atomic mass is 10.1. The summed E-state index contributed by atoms with van der Waals surface area (Å²) >= 11 is 0. The van der Waals surface area contributed by atoms with E-state index in [0.29, 0.717) is 18.0 Å². The molecule has 0 bridgehead atoms. The molecule has 0 saturated heterocycles. The molecular formula is C31H39N3O5S. The Morgan fingerprint density at radius 1 is 0.975 bits per heavy atom. The highest BCUT2D eigenvalue weighted by molar-refractivity contribution is 7.92. The van der Waals surface area contributed by atoms with E-state index < -0.39 is 28.5 Å². The van der Waals surface area contributed by atoms with Crippen molar-refractivity contribution in [3.8, 4) is 5.75 Å². The predicted octanol–water partition coefficient (Wildman–Crippen LogP) is 4.84. The molecule has 3 rings (SSSR count). The van der Waals surface area contributed by atoms with Crippen molar-refractivity contribution in [2.75, 3.05) is 24.5 Å². The number of carbonyl (C=O) groups excluding carboxylic acids is 2. The third-order valence-corrected chi connectivity index (χ3v) is 8.71. The van der Waals surface area contributed by atoms with E-state index in [2.05, 4.69) is 5.32 Å². The zero-order valence-electron chi connectivity index (χ0n) is 23.9. The van der Waals surface area contributed by atoms with Gasteiger partial charge in [-0.1, -0.05) is 55.8 Å². The number of nitrogens with zero attached hydrogens (tertiary/aromatic N) is 2. The van der Waals surface area contributed by atoms with Crippen LogP contribution in [-0.4, -0.2) is 51.4 Å². The molecule has 0 unspecified atom stereocenters. The second-order valence-corrected chi connectivity index (χ2v) is 11.6. The van der Waals surface area contributed by atoms with Crippen molar-refractivity contribution >= 4 is 27.5 Å². The minimum absolute atomic E-state index is 0.0772. The molecule has 0 spiro atoms. The largest absolute Gasteiger partial charge is 0.497 e. The Labute approximate surface area is 238 Å². The number of aryl methyl sites for hydroxylation is 1. The normalized spacial score (nSPS) is 11.9. The monoisotopic (exact) mass is 565 g/mol. The average Bonchev–Trinajstić information content (AvgIpc) is 2.96. The zero-order chi connectivity index (χ0) is 29.3. The van der Waals surface area contributed by atoms with E-state index in [-0.39, 0.29) is 17.3 Å². The summed E-state index contributed by atoms with van der Waals surface area (Å²) in [5.41, 5.74) is 2.82. The van der Waals surface area contributed by atoms with Crippen molar-refractivity contribution in [2.24, 2.45) is 0 Å². The number of hydrogen-bond donors (Lipinski definition) is 1. The second kappa shape index (κ2) is 14.0. The fraction of sp³-hybridized carbons (Fsp3) is 0.355. The molecule has 2 amide bonds. The van der Waals surface area contributed by atoms with Crippen LogP contribution in [0.15, 0.2) is 77.7 Å². The Kier molecular flexibility index (Phi) is 10.7. The molecule has 0 aliphatic heterocycles. The molecule has 0 saturated carbocycles. The minimum Gasteiger partial charge on any atom is -0.497 e. The van der Waals surface area contributed by atoms with Crippen LogP contribution in [-0.2, 0) is 26.2 Å². The molecule has 8 nitrogen and oxygen atoms in total. The Bertz CT molecular complexity index is 1410. The first-order valence-corrected chi connectivity index (χ1v) is 14.9. The van der Waals surface area contributed by atoms with E-state index in [1.807, 2.05) is 39.0 Å². The third kappa shape index (κ3) is 7.41. The van der Waals surface area contributed by atoms with E-state index in [1.165, 1.54) is 17.0 Å². The van der Waals surface area contributed by atoms with Gasteiger partial charge in [0.1, 0.15) is 18.3 Å². The number of benzene rings is 3. The summed E-state index contributed by atoms with van der Waals surface area (Å²) in [4.78, 5) is 28.6. The number of rotatable bonds is 13. The summed E-state index contributed by atoms with van der Waals surface area (Å²) in [5, 5.41) is 2.90. The second-order valence-electron chi connectivity index (χ2n) is 9.74. The molecule has 0 radical (unpaired) electrons. The van der Waals surface area contributed by atoms with Crippen molar-refractivity contribution in [3.63, 3.8) is 0 Å². The van der Waals surface area contributed by atoms with Crippen LogP contribution in [0.3, 0.4) is 0 Å². The highest BCUT2D eigenvalue weighted by Crippen LogP contribution is 2.29. The van der Waals surface area contributed by atoms with E-state index in [0.717, 1.165) is 33.8 Å². The molecule has 0 aromatic heterocycles. The van der Waals surface area contributed by atoms with Crippen LogP contribution in [0.4, 0.5) is 5.69 Å². The lowest BCUT2D eigenvalue weighted by Crippen LogP contribution is -2.51. The van der Waals surface area contributed by atoms with Crippen molar-refractivity contribution in [3.05, 3.63) is 89.5 Å². The maximum absolute atomic E-state index is 14.0. The number of methoxy groups -OCH3 is 1. The van der Waals surface area contributed by atoms with Gasteiger partial charge in [-0.3, -0.25) is 13.9 Å². The molecule has 0 aliphatic rings. The summed E-state index contributed by atoms with van der Waals surface area (Å²) in [6.07, 6.45) is 1.74. The number of hydrogen-bond acceptors (Lipinski definition) is 5. The lowest BCUT2D eigenvalue weighted by Gasteiger charge is -2.32. The quantitative estimate of drug-likeness (QED) is 0.299. The molecule has 0 fully saturated rings. The molecular weight excluding hydrogens is 526 g/mol. The average molecular weight is 566 g/mol. The summed E-state index contributed by atoms with van der Waals surface area (Å²) in [6.45, 7) is 7.54. The van der Waals surface area contributed by atoms with E-state index >= 15 is 0 Å². The maximum atomic E-state index is 14.0. The molecule has 0 aliphatic carbocycles. The van der Waals surface area contributed by atoms with Gasteiger partial charge in [-0.2, -0.15) is 0 Å². The predicted molar refractivity (Wildman–Crippen MR) is 158 cm³/mol. The number of amides is 2.